The van der Waals surface area contributed by atoms with Gasteiger partial charge < -0.3 is 10.1 Å². The maximum atomic E-state index is 12.5. The van der Waals surface area contributed by atoms with Gasteiger partial charge in [-0.1, -0.05) is 60.8 Å². The molecule has 1 atom stereocenters. The molecule has 0 saturated carbocycles. The molecule has 0 spiro atoms. The molecule has 7 nitrogen and oxygen atoms in total. The Kier molecular flexibility index (Phi) is 6.83. The van der Waals surface area contributed by atoms with Crippen LogP contribution in [0, 0.1) is 0 Å². The normalized spacial score (nSPS) is 17.9. The molecule has 1 aliphatic rings. The molecule has 0 unspecified atom stereocenters. The molecule has 178 valence electrons. The van der Waals surface area contributed by atoms with Crippen molar-refractivity contribution in [3.05, 3.63) is 46.3 Å². The third-order valence-electron chi connectivity index (χ3n) is 6.26. The summed E-state index contributed by atoms with van der Waals surface area (Å²) >= 11 is 4.65. The van der Waals surface area contributed by atoms with Gasteiger partial charge in [0.05, 0.1) is 23.3 Å². The standard InChI is InChI=1S/C24H27N5O2S3/c1-4-24(2)12-16-17(13-31-24)34-21-19(16)20-27-28-23(29(20)22(26-21)32-3)33-14-18(30)25-11-10-15-8-6-5-7-9-15/h5-9H,4,10-14H2,1-3H3,(H,25,30)/t24-/m1/s1. The fourth-order valence-corrected chi connectivity index (χ4v) is 6.66. The maximum absolute atomic E-state index is 12.5. The molecule has 0 bridgehead atoms. The second-order valence-electron chi connectivity index (χ2n) is 8.57. The van der Waals surface area contributed by atoms with Gasteiger partial charge in [0.1, 0.15) is 4.83 Å². The molecule has 0 saturated heterocycles. The summed E-state index contributed by atoms with van der Waals surface area (Å²) in [5, 5.41) is 14.6. The van der Waals surface area contributed by atoms with Crippen molar-refractivity contribution in [1.29, 1.82) is 0 Å². The molecule has 34 heavy (non-hydrogen) atoms. The van der Waals surface area contributed by atoms with Gasteiger partial charge in [-0.05, 0) is 37.1 Å². The lowest BCUT2D eigenvalue weighted by Gasteiger charge is -2.32. The number of benzene rings is 1. The number of carbonyl (C=O) groups is 1. The number of hydrogen-bond donors (Lipinski definition) is 1. The molecule has 0 radical (unpaired) electrons. The predicted octanol–water partition coefficient (Wildman–Crippen LogP) is 4.75. The van der Waals surface area contributed by atoms with Crippen LogP contribution < -0.4 is 5.32 Å². The number of nitrogens with one attached hydrogen (secondary N) is 1. The lowest BCUT2D eigenvalue weighted by molar-refractivity contribution is -0.118. The highest BCUT2D eigenvalue weighted by molar-refractivity contribution is 8.00. The first kappa shape index (κ1) is 23.6. The number of thioether (sulfide) groups is 2. The van der Waals surface area contributed by atoms with Crippen LogP contribution in [-0.2, 0) is 29.0 Å². The highest BCUT2D eigenvalue weighted by atomic mass is 32.2. The molecular weight excluding hydrogens is 486 g/mol. The zero-order valence-corrected chi connectivity index (χ0v) is 21.9. The van der Waals surface area contributed by atoms with Crippen LogP contribution in [-0.4, -0.2) is 49.6 Å². The minimum absolute atomic E-state index is 0.0128. The highest BCUT2D eigenvalue weighted by Crippen LogP contribution is 2.42. The van der Waals surface area contributed by atoms with E-state index in [4.69, 9.17) is 9.72 Å². The van der Waals surface area contributed by atoms with Crippen LogP contribution in [0.1, 0.15) is 36.3 Å². The molecule has 1 aliphatic heterocycles. The molecule has 1 amide bonds. The number of hydrogen-bond acceptors (Lipinski definition) is 8. The predicted molar refractivity (Wildman–Crippen MR) is 139 cm³/mol. The molecule has 4 aromatic rings. The SMILES string of the molecule is CC[C@]1(C)Cc2c(sc3nc(SC)n4c(SCC(=O)NCCc5ccccc5)nnc4c23)CO1. The zero-order valence-electron chi connectivity index (χ0n) is 19.5. The Hall–Kier alpha value is -2.14. The van der Waals surface area contributed by atoms with Crippen LogP contribution in [0.25, 0.3) is 15.9 Å². The van der Waals surface area contributed by atoms with Gasteiger partial charge in [0.15, 0.2) is 16.0 Å². The summed E-state index contributed by atoms with van der Waals surface area (Å²) in [7, 11) is 0. The number of fused-ring (bicyclic) bond motifs is 5. The van der Waals surface area contributed by atoms with E-state index >= 15 is 0 Å². The lowest BCUT2D eigenvalue weighted by Crippen LogP contribution is -2.33. The largest absolute Gasteiger partial charge is 0.369 e. The average Bonchev–Trinajstić information content (AvgIpc) is 3.43. The van der Waals surface area contributed by atoms with Crippen molar-refractivity contribution >= 4 is 56.6 Å². The third kappa shape index (κ3) is 4.56. The molecule has 1 N–H and O–H groups in total. The number of thiophene rings is 1. The smallest absolute Gasteiger partial charge is 0.230 e. The molecule has 4 heterocycles. The van der Waals surface area contributed by atoms with E-state index in [9.17, 15) is 4.79 Å². The minimum atomic E-state index is -0.175. The maximum Gasteiger partial charge on any atom is 0.230 e. The van der Waals surface area contributed by atoms with E-state index in [1.807, 2.05) is 28.9 Å². The number of aromatic nitrogens is 4. The topological polar surface area (TPSA) is 81.4 Å². The minimum Gasteiger partial charge on any atom is -0.369 e. The monoisotopic (exact) mass is 513 g/mol. The Morgan fingerprint density at radius 2 is 2.09 bits per heavy atom. The van der Waals surface area contributed by atoms with E-state index in [-0.39, 0.29) is 17.3 Å². The van der Waals surface area contributed by atoms with Crippen molar-refractivity contribution in [2.75, 3.05) is 18.6 Å². The second kappa shape index (κ2) is 9.85. The third-order valence-corrected chi connectivity index (χ3v) is 8.93. The van der Waals surface area contributed by atoms with Gasteiger partial charge in [0, 0.05) is 17.8 Å². The van der Waals surface area contributed by atoms with Crippen LogP contribution >= 0.6 is 34.9 Å². The van der Waals surface area contributed by atoms with Gasteiger partial charge in [0.25, 0.3) is 0 Å². The number of ether oxygens (including phenoxy) is 1. The number of carbonyl (C=O) groups excluding carboxylic acids is 1. The molecule has 10 heteroatoms. The Morgan fingerprint density at radius 3 is 2.85 bits per heavy atom. The van der Waals surface area contributed by atoms with Crippen molar-refractivity contribution in [3.8, 4) is 0 Å². The first-order valence-corrected chi connectivity index (χ1v) is 14.3. The average molecular weight is 514 g/mol. The van der Waals surface area contributed by atoms with Crippen LogP contribution in [0.15, 0.2) is 40.6 Å². The molecule has 0 fully saturated rings. The summed E-state index contributed by atoms with van der Waals surface area (Å²) in [4.78, 5) is 19.6. The Labute approximate surface area is 211 Å². The molecule has 5 rings (SSSR count). The van der Waals surface area contributed by atoms with Crippen molar-refractivity contribution < 1.29 is 9.53 Å². The fraction of sp³-hybridized carbons (Fsp3) is 0.417. The summed E-state index contributed by atoms with van der Waals surface area (Å²) in [6.45, 7) is 5.56. The van der Waals surface area contributed by atoms with E-state index < -0.39 is 0 Å². The van der Waals surface area contributed by atoms with E-state index in [2.05, 4.69) is 41.5 Å². The summed E-state index contributed by atoms with van der Waals surface area (Å²) in [5.41, 5.74) is 3.14. The Balaban J connectivity index is 1.37. The van der Waals surface area contributed by atoms with Crippen LogP contribution in [0.5, 0.6) is 0 Å². The van der Waals surface area contributed by atoms with Gasteiger partial charge >= 0.3 is 0 Å². The van der Waals surface area contributed by atoms with Crippen molar-refractivity contribution in [3.63, 3.8) is 0 Å². The van der Waals surface area contributed by atoms with Gasteiger partial charge in [-0.25, -0.2) is 9.38 Å². The second-order valence-corrected chi connectivity index (χ2v) is 11.4. The van der Waals surface area contributed by atoms with E-state index in [1.165, 1.54) is 27.8 Å². The fourth-order valence-electron chi connectivity index (χ4n) is 4.15. The van der Waals surface area contributed by atoms with E-state index in [0.717, 1.165) is 40.3 Å². The van der Waals surface area contributed by atoms with Crippen molar-refractivity contribution in [2.24, 2.45) is 0 Å². The van der Waals surface area contributed by atoms with Crippen LogP contribution in [0.2, 0.25) is 0 Å². The van der Waals surface area contributed by atoms with Crippen LogP contribution in [0.4, 0.5) is 0 Å². The lowest BCUT2D eigenvalue weighted by atomic mass is 9.90. The van der Waals surface area contributed by atoms with Gasteiger partial charge in [-0.2, -0.15) is 0 Å². The summed E-state index contributed by atoms with van der Waals surface area (Å²) in [5.74, 6) is 0.270. The van der Waals surface area contributed by atoms with E-state index in [1.54, 1.807) is 23.1 Å². The highest BCUT2D eigenvalue weighted by Gasteiger charge is 2.33. The van der Waals surface area contributed by atoms with Gasteiger partial charge in [0.2, 0.25) is 5.91 Å². The van der Waals surface area contributed by atoms with Crippen molar-refractivity contribution in [2.45, 2.75) is 55.6 Å². The molecule has 1 aromatic carbocycles. The Morgan fingerprint density at radius 1 is 1.26 bits per heavy atom. The Bertz CT molecular complexity index is 1340. The van der Waals surface area contributed by atoms with Gasteiger partial charge in [-0.3, -0.25) is 4.79 Å². The summed E-state index contributed by atoms with van der Waals surface area (Å²) < 4.78 is 8.16. The van der Waals surface area contributed by atoms with Gasteiger partial charge in [-0.15, -0.1) is 21.5 Å². The number of nitrogens with zero attached hydrogens (tertiary/aromatic N) is 4. The van der Waals surface area contributed by atoms with E-state index in [0.29, 0.717) is 18.3 Å². The zero-order chi connectivity index (χ0) is 23.7. The number of rotatable bonds is 8. The van der Waals surface area contributed by atoms with Crippen molar-refractivity contribution in [1.82, 2.24) is 24.9 Å². The quantitative estimate of drug-likeness (QED) is 0.269. The summed E-state index contributed by atoms with van der Waals surface area (Å²) in [6, 6.07) is 10.2. The number of amides is 1. The molecule has 3 aromatic heterocycles. The first-order chi connectivity index (χ1) is 16.5. The molecule has 0 aliphatic carbocycles. The summed E-state index contributed by atoms with van der Waals surface area (Å²) in [6.07, 6.45) is 4.61. The molecular formula is C24H27N5O2S3. The first-order valence-electron chi connectivity index (χ1n) is 11.3. The van der Waals surface area contributed by atoms with Crippen LogP contribution in [0.3, 0.4) is 0 Å².